The van der Waals surface area contributed by atoms with Crippen molar-refractivity contribution in [2.75, 3.05) is 17.7 Å². The molecule has 2 N–H and O–H groups in total. The summed E-state index contributed by atoms with van der Waals surface area (Å²) in [4.78, 5) is 23.8. The van der Waals surface area contributed by atoms with Gasteiger partial charge in [0.1, 0.15) is 6.04 Å². The van der Waals surface area contributed by atoms with Gasteiger partial charge in [-0.15, -0.1) is 0 Å². The summed E-state index contributed by atoms with van der Waals surface area (Å²) < 4.78 is 4.76. The Morgan fingerprint density at radius 2 is 1.74 bits per heavy atom. The molecular weight excluding hydrogens is 292 g/mol. The molecular formula is C18H20N2O3. The first-order valence-corrected chi connectivity index (χ1v) is 7.45. The molecule has 0 saturated carbocycles. The second-order valence-electron chi connectivity index (χ2n) is 5.03. The van der Waals surface area contributed by atoms with Gasteiger partial charge in [0, 0.05) is 16.9 Å². The number of amides is 1. The Balaban J connectivity index is 2.08. The van der Waals surface area contributed by atoms with E-state index < -0.39 is 6.04 Å². The minimum atomic E-state index is -0.417. The normalized spacial score (nSPS) is 11.4. The van der Waals surface area contributed by atoms with Crippen molar-refractivity contribution >= 4 is 23.3 Å². The Morgan fingerprint density at radius 1 is 1.04 bits per heavy atom. The number of rotatable bonds is 6. The number of benzene rings is 2. The highest BCUT2D eigenvalue weighted by molar-refractivity contribution is 6.04. The van der Waals surface area contributed by atoms with Gasteiger partial charge in [-0.05, 0) is 36.8 Å². The first-order valence-electron chi connectivity index (χ1n) is 7.45. The second kappa shape index (κ2) is 7.98. The van der Waals surface area contributed by atoms with Crippen LogP contribution < -0.4 is 10.6 Å². The summed E-state index contributed by atoms with van der Waals surface area (Å²) in [6.45, 7) is 1.90. The fourth-order valence-electron chi connectivity index (χ4n) is 2.15. The summed E-state index contributed by atoms with van der Waals surface area (Å²) in [6, 6.07) is 15.8. The molecule has 5 heteroatoms. The Kier molecular flexibility index (Phi) is 5.74. The van der Waals surface area contributed by atoms with E-state index in [0.717, 1.165) is 5.69 Å². The lowest BCUT2D eigenvalue weighted by molar-refractivity contribution is -0.141. The molecule has 2 aromatic rings. The van der Waals surface area contributed by atoms with E-state index in [4.69, 9.17) is 4.74 Å². The van der Waals surface area contributed by atoms with Gasteiger partial charge in [0.2, 0.25) is 0 Å². The zero-order valence-electron chi connectivity index (χ0n) is 13.2. The van der Waals surface area contributed by atoms with Crippen molar-refractivity contribution in [3.8, 4) is 0 Å². The van der Waals surface area contributed by atoms with Crippen molar-refractivity contribution in [1.82, 2.24) is 0 Å². The van der Waals surface area contributed by atoms with Crippen molar-refractivity contribution in [2.45, 2.75) is 19.4 Å². The Hall–Kier alpha value is -2.82. The van der Waals surface area contributed by atoms with Crippen molar-refractivity contribution in [2.24, 2.45) is 0 Å². The maximum absolute atomic E-state index is 12.2. The number of hydrogen-bond donors (Lipinski definition) is 2. The Morgan fingerprint density at radius 3 is 2.39 bits per heavy atom. The van der Waals surface area contributed by atoms with E-state index >= 15 is 0 Å². The summed E-state index contributed by atoms with van der Waals surface area (Å²) in [5, 5.41) is 5.94. The number of methoxy groups -OCH3 is 1. The molecule has 1 amide bonds. The quantitative estimate of drug-likeness (QED) is 0.803. The number of carbonyl (C=O) groups excluding carboxylic acids is 2. The van der Waals surface area contributed by atoms with E-state index in [-0.39, 0.29) is 11.9 Å². The first kappa shape index (κ1) is 16.5. The fourth-order valence-corrected chi connectivity index (χ4v) is 2.15. The molecule has 0 saturated heterocycles. The highest BCUT2D eigenvalue weighted by Crippen LogP contribution is 2.18. The predicted octanol–water partition coefficient (Wildman–Crippen LogP) is 3.30. The molecule has 5 nitrogen and oxygen atoms in total. The van der Waals surface area contributed by atoms with E-state index in [9.17, 15) is 9.59 Å². The molecule has 0 radical (unpaired) electrons. The molecule has 0 fully saturated rings. The number of nitrogens with one attached hydrogen (secondary N) is 2. The van der Waals surface area contributed by atoms with Crippen LogP contribution in [0, 0.1) is 0 Å². The average Bonchev–Trinajstić information content (AvgIpc) is 2.60. The van der Waals surface area contributed by atoms with E-state index in [1.807, 2.05) is 37.3 Å². The molecule has 0 unspecified atom stereocenters. The van der Waals surface area contributed by atoms with Crippen molar-refractivity contribution in [3.05, 3.63) is 60.2 Å². The van der Waals surface area contributed by atoms with Gasteiger partial charge in [-0.3, -0.25) is 4.79 Å². The lowest BCUT2D eigenvalue weighted by Crippen LogP contribution is -2.29. The average molecular weight is 312 g/mol. The van der Waals surface area contributed by atoms with Crippen LogP contribution in [-0.2, 0) is 9.53 Å². The summed E-state index contributed by atoms with van der Waals surface area (Å²) in [7, 11) is 1.36. The van der Waals surface area contributed by atoms with Crippen LogP contribution >= 0.6 is 0 Å². The van der Waals surface area contributed by atoms with Crippen LogP contribution in [0.4, 0.5) is 11.4 Å². The summed E-state index contributed by atoms with van der Waals surface area (Å²) in [5.74, 6) is -0.492. The zero-order valence-corrected chi connectivity index (χ0v) is 13.2. The summed E-state index contributed by atoms with van der Waals surface area (Å²) in [5.41, 5.74) is 1.99. The van der Waals surface area contributed by atoms with Crippen molar-refractivity contribution in [3.63, 3.8) is 0 Å². The SMILES string of the molecule is CC[C@H](Nc1cccc(NC(=O)c2ccccc2)c1)C(=O)OC. The van der Waals surface area contributed by atoms with Gasteiger partial charge >= 0.3 is 5.97 Å². The van der Waals surface area contributed by atoms with E-state index in [2.05, 4.69) is 10.6 Å². The maximum atomic E-state index is 12.2. The number of hydrogen-bond acceptors (Lipinski definition) is 4. The third kappa shape index (κ3) is 4.57. The van der Waals surface area contributed by atoms with Crippen LogP contribution in [0.3, 0.4) is 0 Å². The molecule has 0 spiro atoms. The third-order valence-corrected chi connectivity index (χ3v) is 3.39. The standard InChI is InChI=1S/C18H20N2O3/c1-3-16(18(22)23-2)19-14-10-7-11-15(12-14)20-17(21)13-8-5-4-6-9-13/h4-12,16,19H,3H2,1-2H3,(H,20,21)/t16-/m0/s1. The molecule has 2 aromatic carbocycles. The molecule has 23 heavy (non-hydrogen) atoms. The summed E-state index contributed by atoms with van der Waals surface area (Å²) >= 11 is 0. The van der Waals surface area contributed by atoms with Gasteiger partial charge in [0.05, 0.1) is 7.11 Å². The molecule has 0 heterocycles. The van der Waals surface area contributed by atoms with Gasteiger partial charge in [-0.25, -0.2) is 4.79 Å². The van der Waals surface area contributed by atoms with Crippen LogP contribution in [0.25, 0.3) is 0 Å². The fraction of sp³-hybridized carbons (Fsp3) is 0.222. The Labute approximate surface area is 135 Å². The zero-order chi connectivity index (χ0) is 16.7. The van der Waals surface area contributed by atoms with Gasteiger partial charge in [-0.2, -0.15) is 0 Å². The van der Waals surface area contributed by atoms with Gasteiger partial charge < -0.3 is 15.4 Å². The lowest BCUT2D eigenvalue weighted by Gasteiger charge is -2.16. The molecule has 1 atom stereocenters. The predicted molar refractivity (Wildman–Crippen MR) is 90.6 cm³/mol. The molecule has 0 aromatic heterocycles. The molecule has 120 valence electrons. The Bertz CT molecular complexity index is 671. The van der Waals surface area contributed by atoms with Crippen molar-refractivity contribution < 1.29 is 14.3 Å². The number of esters is 1. The van der Waals surface area contributed by atoms with Crippen LogP contribution in [0.5, 0.6) is 0 Å². The van der Waals surface area contributed by atoms with Gasteiger partial charge in [0.25, 0.3) is 5.91 Å². The first-order chi connectivity index (χ1) is 11.1. The second-order valence-corrected chi connectivity index (χ2v) is 5.03. The highest BCUT2D eigenvalue weighted by atomic mass is 16.5. The largest absolute Gasteiger partial charge is 0.467 e. The van der Waals surface area contributed by atoms with Crippen molar-refractivity contribution in [1.29, 1.82) is 0 Å². The monoisotopic (exact) mass is 312 g/mol. The van der Waals surface area contributed by atoms with Crippen LogP contribution in [0.2, 0.25) is 0 Å². The molecule has 2 rings (SSSR count). The molecule has 0 aliphatic heterocycles. The third-order valence-electron chi connectivity index (χ3n) is 3.39. The highest BCUT2D eigenvalue weighted by Gasteiger charge is 2.16. The molecule has 0 aliphatic carbocycles. The van der Waals surface area contributed by atoms with E-state index in [1.165, 1.54) is 7.11 Å². The maximum Gasteiger partial charge on any atom is 0.328 e. The minimum Gasteiger partial charge on any atom is -0.467 e. The van der Waals surface area contributed by atoms with Crippen LogP contribution in [0.1, 0.15) is 23.7 Å². The molecule has 0 bridgehead atoms. The number of anilines is 2. The van der Waals surface area contributed by atoms with E-state index in [0.29, 0.717) is 17.7 Å². The minimum absolute atomic E-state index is 0.178. The topological polar surface area (TPSA) is 67.4 Å². The van der Waals surface area contributed by atoms with E-state index in [1.54, 1.807) is 24.3 Å². The van der Waals surface area contributed by atoms with Gasteiger partial charge in [-0.1, -0.05) is 31.2 Å². The summed E-state index contributed by atoms with van der Waals surface area (Å²) in [6.07, 6.45) is 0.604. The van der Waals surface area contributed by atoms with Gasteiger partial charge in [0.15, 0.2) is 0 Å². The lowest BCUT2D eigenvalue weighted by atomic mass is 10.2. The van der Waals surface area contributed by atoms with Crippen LogP contribution in [-0.4, -0.2) is 25.0 Å². The number of ether oxygens (including phenoxy) is 1. The number of carbonyl (C=O) groups is 2. The molecule has 0 aliphatic rings. The smallest absolute Gasteiger partial charge is 0.328 e. The van der Waals surface area contributed by atoms with Crippen LogP contribution in [0.15, 0.2) is 54.6 Å².